The van der Waals surface area contributed by atoms with Gasteiger partial charge in [-0.25, -0.2) is 9.38 Å². The molecule has 1 aliphatic rings. The molecule has 1 aliphatic carbocycles. The van der Waals surface area contributed by atoms with E-state index in [1.807, 2.05) is 41.4 Å². The maximum absolute atomic E-state index is 13.1. The van der Waals surface area contributed by atoms with Crippen molar-refractivity contribution in [2.75, 3.05) is 12.9 Å². The molecule has 1 saturated carbocycles. The Bertz CT molecular complexity index is 799. The predicted molar refractivity (Wildman–Crippen MR) is 121 cm³/mol. The van der Waals surface area contributed by atoms with Crippen LogP contribution < -0.4 is 4.74 Å². The van der Waals surface area contributed by atoms with Gasteiger partial charge in [0.1, 0.15) is 11.6 Å². The molecule has 0 spiro atoms. The lowest BCUT2D eigenvalue weighted by Crippen LogP contribution is -2.09. The Balaban J connectivity index is 1.69. The summed E-state index contributed by atoms with van der Waals surface area (Å²) in [6, 6.07) is 14.4. The second-order valence-corrected chi connectivity index (χ2v) is 8.86. The summed E-state index contributed by atoms with van der Waals surface area (Å²) in [4.78, 5) is 5.85. The molecule has 0 heterocycles. The van der Waals surface area contributed by atoms with Crippen LogP contribution in [0.15, 0.2) is 69.9 Å². The Morgan fingerprint density at radius 1 is 1.14 bits per heavy atom. The number of hydrogen-bond donors (Lipinski definition) is 0. The Kier molecular flexibility index (Phi) is 8.49. The Hall–Kier alpha value is -1.72. The SMILES string of the molecule is COc1cccc(N=C(C=CSc2ccc(F)cc2)SCC2CCCCC2)c1. The van der Waals surface area contributed by atoms with Crippen LogP contribution in [0.2, 0.25) is 0 Å². The van der Waals surface area contributed by atoms with Crippen LogP contribution in [0.5, 0.6) is 5.75 Å². The van der Waals surface area contributed by atoms with Crippen molar-refractivity contribution in [3.63, 3.8) is 0 Å². The van der Waals surface area contributed by atoms with E-state index in [4.69, 9.17) is 9.73 Å². The maximum atomic E-state index is 13.1. The predicted octanol–water partition coefficient (Wildman–Crippen LogP) is 7.48. The number of methoxy groups -OCH3 is 1. The van der Waals surface area contributed by atoms with Crippen LogP contribution >= 0.6 is 23.5 Å². The van der Waals surface area contributed by atoms with Crippen LogP contribution in [0.4, 0.5) is 10.1 Å². The van der Waals surface area contributed by atoms with Gasteiger partial charge in [-0.05, 0) is 66.6 Å². The molecule has 0 bridgehead atoms. The average Bonchev–Trinajstić information content (AvgIpc) is 2.74. The molecule has 2 nitrogen and oxygen atoms in total. The van der Waals surface area contributed by atoms with Crippen LogP contribution in [-0.4, -0.2) is 17.9 Å². The fourth-order valence-corrected chi connectivity index (χ4v) is 4.97. The van der Waals surface area contributed by atoms with Crippen molar-refractivity contribution >= 4 is 34.3 Å². The molecular weight excluding hydrogens is 389 g/mol. The highest BCUT2D eigenvalue weighted by Gasteiger charge is 2.14. The minimum Gasteiger partial charge on any atom is -0.497 e. The van der Waals surface area contributed by atoms with Gasteiger partial charge in [0, 0.05) is 16.7 Å². The van der Waals surface area contributed by atoms with Gasteiger partial charge in [0.2, 0.25) is 0 Å². The van der Waals surface area contributed by atoms with Crippen LogP contribution in [0.3, 0.4) is 0 Å². The summed E-state index contributed by atoms with van der Waals surface area (Å²) < 4.78 is 18.4. The minimum absolute atomic E-state index is 0.211. The molecule has 2 aromatic carbocycles. The summed E-state index contributed by atoms with van der Waals surface area (Å²) in [6.45, 7) is 0. The quantitative estimate of drug-likeness (QED) is 0.266. The van der Waals surface area contributed by atoms with Gasteiger partial charge in [0.15, 0.2) is 0 Å². The molecule has 148 valence electrons. The van der Waals surface area contributed by atoms with Gasteiger partial charge < -0.3 is 4.74 Å². The van der Waals surface area contributed by atoms with Gasteiger partial charge in [-0.3, -0.25) is 0 Å². The first-order valence-electron chi connectivity index (χ1n) is 9.67. The van der Waals surface area contributed by atoms with Crippen LogP contribution in [0, 0.1) is 11.7 Å². The molecule has 0 aliphatic heterocycles. The van der Waals surface area contributed by atoms with E-state index in [-0.39, 0.29) is 5.82 Å². The Morgan fingerprint density at radius 3 is 2.68 bits per heavy atom. The van der Waals surface area contributed by atoms with E-state index in [0.29, 0.717) is 0 Å². The summed E-state index contributed by atoms with van der Waals surface area (Å²) in [5, 5.41) is 3.02. The van der Waals surface area contributed by atoms with Crippen molar-refractivity contribution in [3.8, 4) is 5.75 Å². The number of aliphatic imine (C=N–C) groups is 1. The highest BCUT2D eigenvalue weighted by Crippen LogP contribution is 2.29. The lowest BCUT2D eigenvalue weighted by atomic mass is 9.91. The first-order valence-corrected chi connectivity index (χ1v) is 11.5. The zero-order chi connectivity index (χ0) is 19.6. The highest BCUT2D eigenvalue weighted by molar-refractivity contribution is 8.14. The fourth-order valence-electron chi connectivity index (χ4n) is 3.17. The summed E-state index contributed by atoms with van der Waals surface area (Å²) in [5.41, 5.74) is 0.891. The number of ether oxygens (including phenoxy) is 1. The lowest BCUT2D eigenvalue weighted by Gasteiger charge is -2.20. The second-order valence-electron chi connectivity index (χ2n) is 6.84. The zero-order valence-electron chi connectivity index (χ0n) is 16.1. The second kappa shape index (κ2) is 11.3. The van der Waals surface area contributed by atoms with Crippen molar-refractivity contribution in [2.24, 2.45) is 10.9 Å². The molecule has 0 unspecified atom stereocenters. The van der Waals surface area contributed by atoms with E-state index in [1.165, 1.54) is 44.2 Å². The molecule has 5 heteroatoms. The summed E-state index contributed by atoms with van der Waals surface area (Å²) in [6.07, 6.45) is 8.79. The monoisotopic (exact) mass is 415 g/mol. The van der Waals surface area contributed by atoms with Gasteiger partial charge in [-0.1, -0.05) is 37.1 Å². The normalized spacial score (nSPS) is 15.9. The number of benzene rings is 2. The molecule has 3 rings (SSSR count). The third-order valence-electron chi connectivity index (χ3n) is 4.71. The van der Waals surface area contributed by atoms with Crippen molar-refractivity contribution in [1.82, 2.24) is 0 Å². The Labute approximate surface area is 175 Å². The summed E-state index contributed by atoms with van der Waals surface area (Å²) >= 11 is 3.39. The highest BCUT2D eigenvalue weighted by atomic mass is 32.2. The van der Waals surface area contributed by atoms with Gasteiger partial charge in [-0.15, -0.1) is 11.8 Å². The summed E-state index contributed by atoms with van der Waals surface area (Å²) in [5.74, 6) is 2.49. The zero-order valence-corrected chi connectivity index (χ0v) is 17.8. The van der Waals surface area contributed by atoms with Crippen molar-refractivity contribution < 1.29 is 9.13 Å². The molecule has 0 atom stereocenters. The van der Waals surface area contributed by atoms with Crippen LogP contribution in [0.1, 0.15) is 32.1 Å². The molecular formula is C23H26FNOS2. The van der Waals surface area contributed by atoms with Gasteiger partial charge in [0.05, 0.1) is 17.8 Å². The molecule has 28 heavy (non-hydrogen) atoms. The van der Waals surface area contributed by atoms with Crippen molar-refractivity contribution in [2.45, 2.75) is 37.0 Å². The molecule has 0 N–H and O–H groups in total. The van der Waals surface area contributed by atoms with E-state index in [9.17, 15) is 4.39 Å². The number of halogens is 1. The van der Waals surface area contributed by atoms with E-state index in [2.05, 4.69) is 6.08 Å². The number of rotatable bonds is 7. The van der Waals surface area contributed by atoms with E-state index in [1.54, 1.807) is 31.0 Å². The van der Waals surface area contributed by atoms with E-state index < -0.39 is 0 Å². The number of hydrogen-bond acceptors (Lipinski definition) is 4. The maximum Gasteiger partial charge on any atom is 0.123 e. The van der Waals surface area contributed by atoms with Gasteiger partial charge in [0.25, 0.3) is 0 Å². The number of nitrogens with zero attached hydrogens (tertiary/aromatic N) is 1. The molecule has 2 aromatic rings. The molecule has 0 radical (unpaired) electrons. The standard InChI is InChI=1S/C23H26FNOS2/c1-26-21-9-5-8-20(16-21)25-23(28-17-18-6-3-2-4-7-18)14-15-27-22-12-10-19(24)11-13-22/h5,8-16,18H,2-4,6-7,17H2,1H3. The van der Waals surface area contributed by atoms with E-state index >= 15 is 0 Å². The van der Waals surface area contributed by atoms with Crippen LogP contribution in [-0.2, 0) is 0 Å². The third-order valence-corrected chi connectivity index (χ3v) is 6.69. The first kappa shape index (κ1) is 21.0. The fraction of sp³-hybridized carbons (Fsp3) is 0.348. The minimum atomic E-state index is -0.211. The molecule has 0 saturated heterocycles. The van der Waals surface area contributed by atoms with Crippen molar-refractivity contribution in [3.05, 3.63) is 65.8 Å². The third kappa shape index (κ3) is 7.02. The van der Waals surface area contributed by atoms with E-state index in [0.717, 1.165) is 33.0 Å². The number of thioether (sulfide) groups is 2. The molecule has 0 amide bonds. The molecule has 0 aromatic heterocycles. The topological polar surface area (TPSA) is 21.6 Å². The van der Waals surface area contributed by atoms with Crippen LogP contribution in [0.25, 0.3) is 0 Å². The first-order chi connectivity index (χ1) is 13.7. The average molecular weight is 416 g/mol. The molecule has 1 fully saturated rings. The largest absolute Gasteiger partial charge is 0.497 e. The Morgan fingerprint density at radius 2 is 1.93 bits per heavy atom. The smallest absolute Gasteiger partial charge is 0.123 e. The van der Waals surface area contributed by atoms with Gasteiger partial charge in [-0.2, -0.15) is 0 Å². The lowest BCUT2D eigenvalue weighted by molar-refractivity contribution is 0.391. The van der Waals surface area contributed by atoms with Crippen molar-refractivity contribution in [1.29, 1.82) is 0 Å². The summed E-state index contributed by atoms with van der Waals surface area (Å²) in [7, 11) is 1.67. The van der Waals surface area contributed by atoms with Gasteiger partial charge >= 0.3 is 0 Å².